The summed E-state index contributed by atoms with van der Waals surface area (Å²) in [4.78, 5) is 16.8. The minimum absolute atomic E-state index is 0.287. The van der Waals surface area contributed by atoms with Crippen molar-refractivity contribution in [2.45, 2.75) is 13.1 Å². The van der Waals surface area contributed by atoms with E-state index in [0.29, 0.717) is 17.8 Å². The van der Waals surface area contributed by atoms with E-state index in [9.17, 15) is 4.39 Å². The molecule has 40 heavy (non-hydrogen) atoms. The number of fused-ring (bicyclic) bond motifs is 2. The molecule has 0 fully saturated rings. The minimum Gasteiger partial charge on any atom is -0.352 e. The summed E-state index contributed by atoms with van der Waals surface area (Å²) >= 11 is 0. The van der Waals surface area contributed by atoms with Gasteiger partial charge in [0.2, 0.25) is 0 Å². The number of aromatic nitrogens is 6. The molecule has 5 heterocycles. The van der Waals surface area contributed by atoms with Gasteiger partial charge in [0.15, 0.2) is 5.65 Å². The van der Waals surface area contributed by atoms with Crippen LogP contribution in [0.2, 0.25) is 0 Å². The van der Waals surface area contributed by atoms with Crippen LogP contribution in [0.3, 0.4) is 0 Å². The molecule has 0 amide bonds. The van der Waals surface area contributed by atoms with Crippen molar-refractivity contribution in [1.29, 1.82) is 0 Å². The van der Waals surface area contributed by atoms with E-state index in [0.717, 1.165) is 56.5 Å². The van der Waals surface area contributed by atoms with Gasteiger partial charge < -0.3 is 10.3 Å². The van der Waals surface area contributed by atoms with Crippen molar-refractivity contribution in [3.8, 4) is 33.6 Å². The van der Waals surface area contributed by atoms with E-state index in [4.69, 9.17) is 0 Å². The summed E-state index contributed by atoms with van der Waals surface area (Å²) in [5, 5.41) is 12.8. The van der Waals surface area contributed by atoms with Crippen molar-refractivity contribution in [2.75, 3.05) is 0 Å². The molecule has 0 spiro atoms. The number of pyridine rings is 3. The standard InChI is InChI=1S/C32H24FN7/c33-28-9-5-4-8-24(28)27-18-36-19-30-25(27)12-29(38-30)31-26-11-23(17-37-32(26)40-39-31)22-10-21(15-35-16-22)14-34-13-20-6-2-1-3-7-20/h1-12,15-19,34,38H,13-14H2,(H,37,39,40). The lowest BCUT2D eigenvalue weighted by Crippen LogP contribution is -2.12. The fourth-order valence-corrected chi connectivity index (χ4v) is 5.03. The Balaban J connectivity index is 1.21. The quantitative estimate of drug-likeness (QED) is 0.216. The predicted octanol–water partition coefficient (Wildman–Crippen LogP) is 6.66. The molecule has 194 valence electrons. The smallest absolute Gasteiger partial charge is 0.155 e. The number of aromatic amines is 2. The fraction of sp³-hybridized carbons (Fsp3) is 0.0625. The Kier molecular flexibility index (Phi) is 6.07. The Labute approximate surface area is 229 Å². The highest BCUT2D eigenvalue weighted by atomic mass is 19.1. The second-order valence-corrected chi connectivity index (χ2v) is 9.67. The summed E-state index contributed by atoms with van der Waals surface area (Å²) in [6.07, 6.45) is 8.98. The number of rotatable bonds is 7. The third-order valence-electron chi connectivity index (χ3n) is 7.01. The van der Waals surface area contributed by atoms with Crippen LogP contribution in [-0.2, 0) is 13.1 Å². The van der Waals surface area contributed by atoms with Gasteiger partial charge in [-0.3, -0.25) is 15.1 Å². The largest absolute Gasteiger partial charge is 0.352 e. The van der Waals surface area contributed by atoms with Gasteiger partial charge in [0.25, 0.3) is 0 Å². The molecule has 0 saturated heterocycles. The highest BCUT2D eigenvalue weighted by Crippen LogP contribution is 2.35. The van der Waals surface area contributed by atoms with Crippen LogP contribution in [0, 0.1) is 5.82 Å². The Hall–Kier alpha value is -5.21. The highest BCUT2D eigenvalue weighted by Gasteiger charge is 2.16. The SMILES string of the molecule is Fc1ccccc1-c1cncc2[nH]c(-c3n[nH]c4ncc(-c5cncc(CNCc6ccccc6)c5)cc34)cc12. The molecule has 7 rings (SSSR count). The molecule has 0 unspecified atom stereocenters. The number of hydrogen-bond acceptors (Lipinski definition) is 5. The maximum Gasteiger partial charge on any atom is 0.155 e. The second-order valence-electron chi connectivity index (χ2n) is 9.67. The van der Waals surface area contributed by atoms with Crippen molar-refractivity contribution >= 4 is 21.9 Å². The molecular weight excluding hydrogens is 501 g/mol. The summed E-state index contributed by atoms with van der Waals surface area (Å²) in [6.45, 7) is 1.49. The van der Waals surface area contributed by atoms with Crippen LogP contribution in [0.5, 0.6) is 0 Å². The third kappa shape index (κ3) is 4.50. The zero-order valence-corrected chi connectivity index (χ0v) is 21.4. The first-order chi connectivity index (χ1) is 19.7. The third-order valence-corrected chi connectivity index (χ3v) is 7.01. The van der Waals surface area contributed by atoms with Crippen molar-refractivity contribution in [3.05, 3.63) is 121 Å². The first-order valence-corrected chi connectivity index (χ1v) is 13.0. The van der Waals surface area contributed by atoms with E-state index < -0.39 is 0 Å². The Morgan fingerprint density at radius 2 is 1.50 bits per heavy atom. The van der Waals surface area contributed by atoms with Crippen molar-refractivity contribution in [2.24, 2.45) is 0 Å². The molecule has 0 atom stereocenters. The minimum atomic E-state index is -0.287. The summed E-state index contributed by atoms with van der Waals surface area (Å²) < 4.78 is 14.6. The Morgan fingerprint density at radius 1 is 0.700 bits per heavy atom. The van der Waals surface area contributed by atoms with Gasteiger partial charge in [-0.15, -0.1) is 0 Å². The Bertz CT molecular complexity index is 1960. The monoisotopic (exact) mass is 525 g/mol. The summed E-state index contributed by atoms with van der Waals surface area (Å²) in [5.41, 5.74) is 8.48. The van der Waals surface area contributed by atoms with E-state index in [1.165, 1.54) is 11.6 Å². The van der Waals surface area contributed by atoms with Crippen LogP contribution >= 0.6 is 0 Å². The molecule has 0 aliphatic carbocycles. The van der Waals surface area contributed by atoms with E-state index in [1.54, 1.807) is 24.5 Å². The number of halogens is 1. The van der Waals surface area contributed by atoms with Gasteiger partial charge in [-0.2, -0.15) is 5.10 Å². The van der Waals surface area contributed by atoms with Gasteiger partial charge in [-0.1, -0.05) is 48.5 Å². The maximum absolute atomic E-state index is 14.6. The zero-order chi connectivity index (χ0) is 26.9. The van der Waals surface area contributed by atoms with Crippen molar-refractivity contribution in [3.63, 3.8) is 0 Å². The van der Waals surface area contributed by atoms with Crippen molar-refractivity contribution < 1.29 is 4.39 Å². The summed E-state index contributed by atoms with van der Waals surface area (Å²) in [7, 11) is 0. The Morgan fingerprint density at radius 3 is 2.40 bits per heavy atom. The van der Waals surface area contributed by atoms with E-state index in [1.807, 2.05) is 48.9 Å². The molecule has 7 nitrogen and oxygen atoms in total. The van der Waals surface area contributed by atoms with Crippen LogP contribution < -0.4 is 5.32 Å². The average molecular weight is 526 g/mol. The van der Waals surface area contributed by atoms with Gasteiger partial charge in [0, 0.05) is 70.9 Å². The topological polar surface area (TPSA) is 95.2 Å². The lowest BCUT2D eigenvalue weighted by molar-refractivity contribution is 0.631. The number of H-pyrrole nitrogens is 2. The number of benzene rings is 2. The van der Waals surface area contributed by atoms with Crippen LogP contribution in [0.4, 0.5) is 4.39 Å². The fourth-order valence-electron chi connectivity index (χ4n) is 5.03. The van der Waals surface area contributed by atoms with Gasteiger partial charge >= 0.3 is 0 Å². The van der Waals surface area contributed by atoms with Crippen molar-refractivity contribution in [1.82, 2.24) is 35.5 Å². The molecule has 7 aromatic rings. The second kappa shape index (κ2) is 10.2. The molecule has 0 bridgehead atoms. The predicted molar refractivity (Wildman–Crippen MR) is 155 cm³/mol. The summed E-state index contributed by atoms with van der Waals surface area (Å²) in [6, 6.07) is 23.2. The first kappa shape index (κ1) is 23.9. The van der Waals surface area contributed by atoms with Crippen LogP contribution in [0.25, 0.3) is 55.6 Å². The van der Waals surface area contributed by atoms with Gasteiger partial charge in [0.05, 0.1) is 17.4 Å². The number of nitrogens with zero attached hydrogens (tertiary/aromatic N) is 4. The lowest BCUT2D eigenvalue weighted by atomic mass is 10.0. The molecule has 5 aromatic heterocycles. The maximum atomic E-state index is 14.6. The molecule has 0 aliphatic heterocycles. The molecule has 8 heteroatoms. The number of hydrogen-bond donors (Lipinski definition) is 3. The lowest BCUT2D eigenvalue weighted by Gasteiger charge is -2.07. The highest BCUT2D eigenvalue weighted by molar-refractivity contribution is 6.00. The molecule has 0 radical (unpaired) electrons. The molecule has 2 aromatic carbocycles. The van der Waals surface area contributed by atoms with E-state index in [2.05, 4.69) is 59.7 Å². The molecule has 0 aliphatic rings. The van der Waals surface area contributed by atoms with E-state index >= 15 is 0 Å². The van der Waals surface area contributed by atoms with Crippen LogP contribution in [-0.4, -0.2) is 30.1 Å². The first-order valence-electron chi connectivity index (χ1n) is 13.0. The van der Waals surface area contributed by atoms with Crippen LogP contribution in [0.15, 0.2) is 104 Å². The van der Waals surface area contributed by atoms with Gasteiger partial charge in [0.1, 0.15) is 11.5 Å². The normalized spacial score (nSPS) is 11.4. The number of nitrogens with one attached hydrogen (secondary N) is 3. The zero-order valence-electron chi connectivity index (χ0n) is 21.4. The molecule has 0 saturated carbocycles. The van der Waals surface area contributed by atoms with Crippen LogP contribution in [0.1, 0.15) is 11.1 Å². The average Bonchev–Trinajstić information content (AvgIpc) is 3.62. The van der Waals surface area contributed by atoms with Gasteiger partial charge in [-0.25, -0.2) is 9.37 Å². The molecule has 3 N–H and O–H groups in total. The van der Waals surface area contributed by atoms with E-state index in [-0.39, 0.29) is 5.82 Å². The van der Waals surface area contributed by atoms with Gasteiger partial charge in [-0.05, 0) is 35.4 Å². The molecular formula is C32H24FN7. The summed E-state index contributed by atoms with van der Waals surface area (Å²) in [5.74, 6) is -0.287.